The number of carbonyl (C=O) groups excluding carboxylic acids is 2. The van der Waals surface area contributed by atoms with Crippen molar-refractivity contribution < 1.29 is 19.4 Å². The third-order valence-corrected chi connectivity index (χ3v) is 4.60. The van der Waals surface area contributed by atoms with Crippen LogP contribution in [0.2, 0.25) is 0 Å². The standard InChI is InChI=1S/C19H28BrN3O4/c1-19(2,3)27-18(26)23-9-4-5-14(23)12-17(25)22-16-11-13(20)6-7-15(16)21-8-10-24/h6-7,11,14,21,24H,4-5,8-10,12H2,1-3H3,(H,22,25). The van der Waals surface area contributed by atoms with Gasteiger partial charge in [0.25, 0.3) is 0 Å². The van der Waals surface area contributed by atoms with Gasteiger partial charge in [-0.05, 0) is 51.8 Å². The van der Waals surface area contributed by atoms with Crippen LogP contribution in [0.15, 0.2) is 22.7 Å². The summed E-state index contributed by atoms with van der Waals surface area (Å²) < 4.78 is 6.28. The molecule has 1 unspecified atom stereocenters. The number of rotatable bonds is 6. The first-order chi connectivity index (χ1) is 12.7. The van der Waals surface area contributed by atoms with Crippen molar-refractivity contribution in [2.45, 2.75) is 51.7 Å². The lowest BCUT2D eigenvalue weighted by molar-refractivity contribution is -0.117. The Kier molecular flexibility index (Phi) is 7.49. The molecule has 8 heteroatoms. The molecule has 0 aliphatic carbocycles. The zero-order valence-corrected chi connectivity index (χ0v) is 17.6. The summed E-state index contributed by atoms with van der Waals surface area (Å²) in [6.07, 6.45) is 1.48. The van der Waals surface area contributed by atoms with Crippen LogP contribution in [0.5, 0.6) is 0 Å². The molecule has 0 saturated carbocycles. The van der Waals surface area contributed by atoms with Gasteiger partial charge >= 0.3 is 6.09 Å². The van der Waals surface area contributed by atoms with Gasteiger partial charge in [0.2, 0.25) is 5.91 Å². The molecule has 27 heavy (non-hydrogen) atoms. The summed E-state index contributed by atoms with van der Waals surface area (Å²) in [5.41, 5.74) is 0.802. The normalized spacial score (nSPS) is 16.9. The highest BCUT2D eigenvalue weighted by atomic mass is 79.9. The van der Waals surface area contributed by atoms with E-state index < -0.39 is 5.60 Å². The van der Waals surface area contributed by atoms with Gasteiger partial charge in [-0.1, -0.05) is 15.9 Å². The number of benzene rings is 1. The van der Waals surface area contributed by atoms with E-state index in [-0.39, 0.29) is 31.1 Å². The summed E-state index contributed by atoms with van der Waals surface area (Å²) in [6, 6.07) is 5.33. The second kappa shape index (κ2) is 9.41. The smallest absolute Gasteiger partial charge is 0.410 e. The van der Waals surface area contributed by atoms with Gasteiger partial charge in [-0.2, -0.15) is 0 Å². The summed E-state index contributed by atoms with van der Waals surface area (Å²) in [5.74, 6) is -0.166. The number of aliphatic hydroxyl groups excluding tert-OH is 1. The molecule has 7 nitrogen and oxygen atoms in total. The second-order valence-electron chi connectivity index (χ2n) is 7.56. The van der Waals surface area contributed by atoms with Gasteiger partial charge in [-0.15, -0.1) is 0 Å². The summed E-state index contributed by atoms with van der Waals surface area (Å²) in [4.78, 5) is 26.6. The van der Waals surface area contributed by atoms with E-state index in [0.717, 1.165) is 23.0 Å². The Labute approximate surface area is 168 Å². The second-order valence-corrected chi connectivity index (χ2v) is 8.48. The number of hydrogen-bond donors (Lipinski definition) is 3. The Bertz CT molecular complexity index is 675. The summed E-state index contributed by atoms with van der Waals surface area (Å²) in [7, 11) is 0. The van der Waals surface area contributed by atoms with E-state index >= 15 is 0 Å². The average molecular weight is 442 g/mol. The fourth-order valence-electron chi connectivity index (χ4n) is 2.99. The monoisotopic (exact) mass is 441 g/mol. The fourth-order valence-corrected chi connectivity index (χ4v) is 3.35. The minimum atomic E-state index is -0.559. The molecule has 1 fully saturated rings. The van der Waals surface area contributed by atoms with Crippen molar-refractivity contribution in [3.8, 4) is 0 Å². The first-order valence-electron chi connectivity index (χ1n) is 9.13. The van der Waals surface area contributed by atoms with E-state index in [2.05, 4.69) is 26.6 Å². The molecule has 1 aliphatic heterocycles. The van der Waals surface area contributed by atoms with Gasteiger partial charge in [-0.3, -0.25) is 4.79 Å². The number of carbonyl (C=O) groups is 2. The van der Waals surface area contributed by atoms with Crippen LogP contribution < -0.4 is 10.6 Å². The van der Waals surface area contributed by atoms with Crippen molar-refractivity contribution in [2.75, 3.05) is 30.3 Å². The third kappa shape index (κ3) is 6.70. The molecule has 1 saturated heterocycles. The predicted molar refractivity (Wildman–Crippen MR) is 109 cm³/mol. The summed E-state index contributed by atoms with van der Waals surface area (Å²) in [6.45, 7) is 6.48. The first kappa shape index (κ1) is 21.5. The summed E-state index contributed by atoms with van der Waals surface area (Å²) in [5, 5.41) is 15.0. The average Bonchev–Trinajstić information content (AvgIpc) is 3.00. The van der Waals surface area contributed by atoms with Crippen molar-refractivity contribution in [2.24, 2.45) is 0 Å². The van der Waals surface area contributed by atoms with E-state index in [1.807, 2.05) is 32.9 Å². The summed E-state index contributed by atoms with van der Waals surface area (Å²) >= 11 is 3.40. The largest absolute Gasteiger partial charge is 0.444 e. The lowest BCUT2D eigenvalue weighted by atomic mass is 10.1. The molecule has 2 rings (SSSR count). The molecule has 0 aromatic heterocycles. The first-order valence-corrected chi connectivity index (χ1v) is 9.92. The molecule has 1 aromatic rings. The highest BCUT2D eigenvalue weighted by Crippen LogP contribution is 2.28. The molecule has 0 bridgehead atoms. The number of ether oxygens (including phenoxy) is 1. The van der Waals surface area contributed by atoms with Crippen LogP contribution in [0, 0.1) is 0 Å². The Hall–Kier alpha value is -1.80. The number of aliphatic hydroxyl groups is 1. The van der Waals surface area contributed by atoms with Gasteiger partial charge in [0.05, 0.1) is 18.0 Å². The van der Waals surface area contributed by atoms with E-state index in [0.29, 0.717) is 18.8 Å². The molecule has 1 heterocycles. The highest BCUT2D eigenvalue weighted by Gasteiger charge is 2.33. The van der Waals surface area contributed by atoms with Crippen molar-refractivity contribution in [3.05, 3.63) is 22.7 Å². The SMILES string of the molecule is CC(C)(C)OC(=O)N1CCCC1CC(=O)Nc1cc(Br)ccc1NCCO. The number of hydrogen-bond acceptors (Lipinski definition) is 5. The van der Waals surface area contributed by atoms with E-state index in [1.54, 1.807) is 11.0 Å². The molecule has 1 aromatic carbocycles. The Morgan fingerprint density at radius 1 is 1.33 bits per heavy atom. The molecule has 1 atom stereocenters. The fraction of sp³-hybridized carbons (Fsp3) is 0.579. The van der Waals surface area contributed by atoms with E-state index in [4.69, 9.17) is 9.84 Å². The van der Waals surface area contributed by atoms with Crippen molar-refractivity contribution in [1.29, 1.82) is 0 Å². The molecule has 150 valence electrons. The molecule has 2 amide bonds. The van der Waals surface area contributed by atoms with Crippen molar-refractivity contribution in [3.63, 3.8) is 0 Å². The predicted octanol–water partition coefficient (Wildman–Crippen LogP) is 3.58. The number of likely N-dealkylation sites (tertiary alicyclic amines) is 1. The van der Waals surface area contributed by atoms with Gasteiger partial charge in [0.15, 0.2) is 0 Å². The zero-order chi connectivity index (χ0) is 20.0. The van der Waals surface area contributed by atoms with Crippen LogP contribution in [0.4, 0.5) is 16.2 Å². The maximum absolute atomic E-state index is 12.6. The van der Waals surface area contributed by atoms with Crippen molar-refractivity contribution in [1.82, 2.24) is 4.90 Å². The topological polar surface area (TPSA) is 90.9 Å². The lowest BCUT2D eigenvalue weighted by Gasteiger charge is -2.28. The van der Waals surface area contributed by atoms with E-state index in [1.165, 1.54) is 0 Å². The van der Waals surface area contributed by atoms with Crippen LogP contribution in [-0.4, -0.2) is 53.3 Å². The molecule has 0 spiro atoms. The maximum atomic E-state index is 12.6. The van der Waals surface area contributed by atoms with Gasteiger partial charge < -0.3 is 25.4 Å². The van der Waals surface area contributed by atoms with Crippen LogP contribution >= 0.6 is 15.9 Å². The number of nitrogens with one attached hydrogen (secondary N) is 2. The Balaban J connectivity index is 2.00. The van der Waals surface area contributed by atoms with E-state index in [9.17, 15) is 9.59 Å². The van der Waals surface area contributed by atoms with Crippen LogP contribution in [0.25, 0.3) is 0 Å². The van der Waals surface area contributed by atoms with Crippen LogP contribution in [0.1, 0.15) is 40.0 Å². The van der Waals surface area contributed by atoms with Crippen molar-refractivity contribution >= 4 is 39.3 Å². The molecule has 0 radical (unpaired) electrons. The lowest BCUT2D eigenvalue weighted by Crippen LogP contribution is -2.41. The highest BCUT2D eigenvalue weighted by molar-refractivity contribution is 9.10. The van der Waals surface area contributed by atoms with Crippen LogP contribution in [-0.2, 0) is 9.53 Å². The third-order valence-electron chi connectivity index (χ3n) is 4.11. The maximum Gasteiger partial charge on any atom is 0.410 e. The number of nitrogens with zero attached hydrogens (tertiary/aromatic N) is 1. The Morgan fingerprint density at radius 3 is 2.74 bits per heavy atom. The number of anilines is 2. The quantitative estimate of drug-likeness (QED) is 0.627. The minimum Gasteiger partial charge on any atom is -0.444 e. The Morgan fingerprint density at radius 2 is 2.07 bits per heavy atom. The van der Waals surface area contributed by atoms with Gasteiger partial charge in [0.1, 0.15) is 5.60 Å². The molecule has 1 aliphatic rings. The number of halogens is 1. The van der Waals surface area contributed by atoms with Gasteiger partial charge in [-0.25, -0.2) is 4.79 Å². The molecule has 3 N–H and O–H groups in total. The number of amides is 2. The van der Waals surface area contributed by atoms with Gasteiger partial charge in [0, 0.05) is 30.0 Å². The molecular weight excluding hydrogens is 414 g/mol. The molecular formula is C19H28BrN3O4. The zero-order valence-electron chi connectivity index (χ0n) is 16.0. The van der Waals surface area contributed by atoms with Crippen LogP contribution in [0.3, 0.4) is 0 Å². The minimum absolute atomic E-state index is 0.00360.